The van der Waals surface area contributed by atoms with Crippen LogP contribution in [0.5, 0.6) is 17.2 Å². The number of hydrogen-bond acceptors (Lipinski definition) is 6. The van der Waals surface area contributed by atoms with E-state index in [1.165, 1.54) is 49.8 Å². The van der Waals surface area contributed by atoms with Crippen LogP contribution in [0.4, 0.5) is 5.69 Å². The van der Waals surface area contributed by atoms with Crippen LogP contribution in [0.2, 0.25) is 0 Å². The molecule has 0 heterocycles. The van der Waals surface area contributed by atoms with Crippen LogP contribution in [-0.2, 0) is 15.9 Å². The first kappa shape index (κ1) is 33.0. The zero-order chi connectivity index (χ0) is 30.2. The minimum absolute atomic E-state index is 0.106. The van der Waals surface area contributed by atoms with Gasteiger partial charge in [0.1, 0.15) is 17.2 Å². The summed E-state index contributed by atoms with van der Waals surface area (Å²) in [4.78, 5) is 13.7. The van der Waals surface area contributed by atoms with Crippen LogP contribution in [0, 0.1) is 0 Å². The molecule has 3 N–H and O–H groups in total. The number of benzene rings is 3. The molecule has 0 aliphatic rings. The molecule has 3 rings (SSSR count). The number of phenolic OH excluding ortho intramolecular Hbond substituents is 1. The summed E-state index contributed by atoms with van der Waals surface area (Å²) >= 11 is -1.74. The third kappa shape index (κ3) is 11.4. The summed E-state index contributed by atoms with van der Waals surface area (Å²) < 4.78 is 24.2. The number of unbranched alkanes of at least 4 members (excludes halogenated alkanes) is 7. The number of carbonyl (C=O) groups is 1. The fraction of sp³-hybridized carbons (Fsp3) is 0.441. The summed E-state index contributed by atoms with van der Waals surface area (Å²) in [7, 11) is 0. The van der Waals surface area contributed by atoms with E-state index in [0.29, 0.717) is 28.7 Å². The van der Waals surface area contributed by atoms with Gasteiger partial charge in [-0.15, -0.1) is 0 Å². The number of carbonyl (C=O) groups excluding carboxylic acids is 1. The largest absolute Gasteiger partial charge is 0.508 e. The Bertz CT molecular complexity index is 1220. The third-order valence-electron chi connectivity index (χ3n) is 7.34. The quantitative estimate of drug-likeness (QED) is 0.0952. The Labute approximate surface area is 253 Å². The maximum atomic E-state index is 13.2. The first-order valence-corrected chi connectivity index (χ1v) is 16.3. The molecule has 3 aromatic carbocycles. The highest BCUT2D eigenvalue weighted by Crippen LogP contribution is 2.23. The fourth-order valence-electron chi connectivity index (χ4n) is 4.48. The molecule has 7 nitrogen and oxygen atoms in total. The van der Waals surface area contributed by atoms with Gasteiger partial charge in [0.15, 0.2) is 6.10 Å². The number of ether oxygens (including phenoxy) is 1. The van der Waals surface area contributed by atoms with Gasteiger partial charge < -0.3 is 14.0 Å². The summed E-state index contributed by atoms with van der Waals surface area (Å²) in [5.41, 5.74) is 7.92. The van der Waals surface area contributed by atoms with Crippen molar-refractivity contribution in [3.8, 4) is 17.2 Å². The molecule has 0 bridgehead atoms. The molecular formula is C34H46N2O5S. The number of amides is 1. The first-order chi connectivity index (χ1) is 20.4. The molecule has 0 radical (unpaired) electrons. The third-order valence-corrected chi connectivity index (χ3v) is 8.34. The van der Waals surface area contributed by atoms with Crippen molar-refractivity contribution in [2.75, 3.05) is 5.43 Å². The van der Waals surface area contributed by atoms with Gasteiger partial charge in [-0.2, -0.15) is 0 Å². The summed E-state index contributed by atoms with van der Waals surface area (Å²) in [6.45, 7) is 6.59. The zero-order valence-corrected chi connectivity index (χ0v) is 26.0. The number of hydrazine groups is 1. The van der Waals surface area contributed by atoms with Gasteiger partial charge in [0.05, 0.1) is 10.6 Å². The van der Waals surface area contributed by atoms with Crippen molar-refractivity contribution in [1.29, 1.82) is 0 Å². The molecule has 0 saturated heterocycles. The van der Waals surface area contributed by atoms with Crippen LogP contribution in [0.1, 0.15) is 96.5 Å². The van der Waals surface area contributed by atoms with Crippen molar-refractivity contribution < 1.29 is 23.0 Å². The molecule has 0 spiro atoms. The van der Waals surface area contributed by atoms with Crippen LogP contribution < -0.4 is 19.8 Å². The van der Waals surface area contributed by atoms with Gasteiger partial charge in [-0.3, -0.25) is 15.6 Å². The minimum atomic E-state index is -1.74. The van der Waals surface area contributed by atoms with Crippen LogP contribution in [0.25, 0.3) is 0 Å². The lowest BCUT2D eigenvalue weighted by Gasteiger charge is -2.20. The predicted octanol–water partition coefficient (Wildman–Crippen LogP) is 8.43. The van der Waals surface area contributed by atoms with Gasteiger partial charge in [-0.1, -0.05) is 77.8 Å². The topological polar surface area (TPSA) is 96.9 Å². The maximum absolute atomic E-state index is 13.2. The Morgan fingerprint density at radius 2 is 1.40 bits per heavy atom. The van der Waals surface area contributed by atoms with E-state index in [0.717, 1.165) is 31.4 Å². The predicted molar refractivity (Wildman–Crippen MR) is 170 cm³/mol. The van der Waals surface area contributed by atoms with Gasteiger partial charge >= 0.3 is 0 Å². The van der Waals surface area contributed by atoms with E-state index in [-0.39, 0.29) is 11.7 Å². The average molecular weight is 595 g/mol. The second-order valence-electron chi connectivity index (χ2n) is 10.7. The van der Waals surface area contributed by atoms with Crippen molar-refractivity contribution in [2.45, 2.75) is 102 Å². The van der Waals surface area contributed by atoms with E-state index in [1.54, 1.807) is 36.4 Å². The van der Waals surface area contributed by atoms with E-state index < -0.39 is 17.2 Å². The Morgan fingerprint density at radius 1 is 0.810 bits per heavy atom. The Balaban J connectivity index is 1.57. The monoisotopic (exact) mass is 594 g/mol. The summed E-state index contributed by atoms with van der Waals surface area (Å²) in [5, 5.41) is 9.42. The lowest BCUT2D eigenvalue weighted by Crippen LogP contribution is -2.41. The van der Waals surface area contributed by atoms with Crippen molar-refractivity contribution in [2.24, 2.45) is 0 Å². The van der Waals surface area contributed by atoms with Crippen LogP contribution in [0.3, 0.4) is 0 Å². The van der Waals surface area contributed by atoms with Crippen LogP contribution in [-0.4, -0.2) is 21.3 Å². The number of rotatable bonds is 19. The molecule has 3 unspecified atom stereocenters. The summed E-state index contributed by atoms with van der Waals surface area (Å²) in [6, 6.07) is 20.8. The van der Waals surface area contributed by atoms with Crippen molar-refractivity contribution >= 4 is 22.7 Å². The standard InChI is InChI=1S/C34H46N2O5S/c1-4-6-7-8-9-10-11-12-13-33(34(38)36-35-28-16-14-27(15-17-28)26(3)5-2)40-30-22-24-32(25-23-30)42(39)41-31-20-18-29(37)19-21-31/h14-26,33,35,37H,4-13H2,1-3H3,(H,36,38). The molecule has 1 amide bonds. The van der Waals surface area contributed by atoms with Gasteiger partial charge in [0.25, 0.3) is 5.91 Å². The lowest BCUT2D eigenvalue weighted by atomic mass is 9.99. The van der Waals surface area contributed by atoms with E-state index in [2.05, 4.69) is 43.8 Å². The zero-order valence-electron chi connectivity index (χ0n) is 25.1. The molecule has 3 atom stereocenters. The van der Waals surface area contributed by atoms with Crippen LogP contribution >= 0.6 is 0 Å². The van der Waals surface area contributed by atoms with E-state index in [4.69, 9.17) is 8.92 Å². The molecular weight excluding hydrogens is 548 g/mol. The molecule has 3 aromatic rings. The van der Waals surface area contributed by atoms with Crippen molar-refractivity contribution in [3.63, 3.8) is 0 Å². The first-order valence-electron chi connectivity index (χ1n) is 15.2. The number of nitrogens with one attached hydrogen (secondary N) is 2. The second-order valence-corrected chi connectivity index (χ2v) is 11.8. The number of aromatic hydroxyl groups is 1. The molecule has 0 fully saturated rings. The smallest absolute Gasteiger partial charge is 0.279 e. The second kappa shape index (κ2) is 18.1. The van der Waals surface area contributed by atoms with Crippen molar-refractivity contribution in [1.82, 2.24) is 5.43 Å². The molecule has 0 aliphatic carbocycles. The number of anilines is 1. The Hall–Kier alpha value is -3.52. The molecule has 228 valence electrons. The highest BCUT2D eigenvalue weighted by atomic mass is 32.2. The molecule has 42 heavy (non-hydrogen) atoms. The number of hydrogen-bond donors (Lipinski definition) is 3. The molecule has 8 heteroatoms. The fourth-order valence-corrected chi connectivity index (χ4v) is 5.22. The summed E-state index contributed by atoms with van der Waals surface area (Å²) in [6.07, 6.45) is 10.4. The van der Waals surface area contributed by atoms with E-state index in [9.17, 15) is 14.1 Å². The van der Waals surface area contributed by atoms with E-state index in [1.807, 2.05) is 12.1 Å². The Morgan fingerprint density at radius 3 is 2.02 bits per heavy atom. The molecule has 0 aliphatic heterocycles. The minimum Gasteiger partial charge on any atom is -0.508 e. The van der Waals surface area contributed by atoms with Gasteiger partial charge in [-0.25, -0.2) is 4.21 Å². The van der Waals surface area contributed by atoms with Gasteiger partial charge in [0, 0.05) is 0 Å². The number of phenols is 1. The highest BCUT2D eigenvalue weighted by Gasteiger charge is 2.21. The highest BCUT2D eigenvalue weighted by molar-refractivity contribution is 7.80. The lowest BCUT2D eigenvalue weighted by molar-refractivity contribution is -0.127. The molecule has 0 saturated carbocycles. The molecule has 0 aromatic heterocycles. The summed E-state index contributed by atoms with van der Waals surface area (Å²) in [5.74, 6) is 1.25. The maximum Gasteiger partial charge on any atom is 0.279 e. The van der Waals surface area contributed by atoms with Crippen molar-refractivity contribution in [3.05, 3.63) is 78.4 Å². The van der Waals surface area contributed by atoms with Crippen LogP contribution in [0.15, 0.2) is 77.7 Å². The average Bonchev–Trinajstić information content (AvgIpc) is 3.01. The SMILES string of the molecule is CCCCCCCCCCC(Oc1ccc(S(=O)Oc2ccc(O)cc2)cc1)C(=O)NNc1ccc(C(C)CC)cc1. The van der Waals surface area contributed by atoms with Gasteiger partial charge in [-0.05, 0) is 91.4 Å². The normalized spacial score (nSPS) is 13.1. The van der Waals surface area contributed by atoms with E-state index >= 15 is 0 Å². The Kier molecular flexibility index (Phi) is 14.2. The van der Waals surface area contributed by atoms with Gasteiger partial charge in [0.2, 0.25) is 11.1 Å².